The molecule has 18 nitrogen and oxygen atoms in total. The van der Waals surface area contributed by atoms with Crippen LogP contribution in [-0.4, -0.2) is 124 Å². The number of nitrogens with zero attached hydrogens (tertiary/aromatic N) is 1. The zero-order valence-electron chi connectivity index (χ0n) is 32.3. The molecule has 0 unspecified atom stereocenters. The van der Waals surface area contributed by atoms with Gasteiger partial charge in [-0.15, -0.1) is 0 Å². The number of hydrogen-bond donors (Lipinski definition) is 6. The molecule has 6 N–H and O–H groups in total. The molecule has 1 aromatic carbocycles. The van der Waals surface area contributed by atoms with Crippen LogP contribution in [0.2, 0.25) is 0 Å². The lowest BCUT2D eigenvalue weighted by Gasteiger charge is -2.62. The van der Waals surface area contributed by atoms with Crippen molar-refractivity contribution in [3.63, 3.8) is 0 Å². The second kappa shape index (κ2) is 18.0. The Morgan fingerprint density at radius 3 is 2.47 bits per heavy atom. The van der Waals surface area contributed by atoms with E-state index >= 15 is 4.39 Å². The second-order valence-corrected chi connectivity index (χ2v) is 15.1. The fourth-order valence-corrected chi connectivity index (χ4v) is 9.04. The molecule has 58 heavy (non-hydrogen) atoms. The molecule has 3 saturated carbocycles. The molecule has 0 heterocycles. The third-order valence-corrected chi connectivity index (χ3v) is 12.0. The maximum Gasteiger partial charge on any atom is 0.514 e. The number of ether oxygens (including phenoxy) is 5. The molecule has 4 aliphatic carbocycles. The first-order chi connectivity index (χ1) is 27.4. The maximum atomic E-state index is 17.3. The van der Waals surface area contributed by atoms with Crippen LogP contribution >= 0.6 is 0 Å². The normalized spacial score (nSPS) is 31.1. The number of aliphatic hydroxyl groups is 3. The van der Waals surface area contributed by atoms with Crippen LogP contribution in [0.5, 0.6) is 11.5 Å². The maximum absolute atomic E-state index is 17.3. The molecular weight excluding hydrogens is 771 g/mol. The summed E-state index contributed by atoms with van der Waals surface area (Å²) in [5.41, 5.74) is -6.44. The van der Waals surface area contributed by atoms with Crippen LogP contribution < -0.4 is 14.8 Å². The number of ketones is 2. The number of unbranched alkanes of at least 4 members (excludes halogenated alkanes) is 1. The lowest BCUT2D eigenvalue weighted by molar-refractivity contribution is -0.492. The molecule has 0 aliphatic heterocycles. The fraction of sp³-hybridized carbons (Fsp3) is 0.564. The van der Waals surface area contributed by atoms with Crippen LogP contribution in [0.15, 0.2) is 48.1 Å². The van der Waals surface area contributed by atoms with Crippen LogP contribution in [0.25, 0.3) is 6.08 Å². The van der Waals surface area contributed by atoms with E-state index in [1.807, 2.05) is 0 Å². The van der Waals surface area contributed by atoms with Crippen molar-refractivity contribution in [3.05, 3.63) is 53.6 Å². The molecule has 4 aliphatic rings. The van der Waals surface area contributed by atoms with Gasteiger partial charge in [0.2, 0.25) is 5.78 Å². The van der Waals surface area contributed by atoms with Crippen molar-refractivity contribution in [1.82, 2.24) is 10.7 Å². The molecule has 318 valence electrons. The van der Waals surface area contributed by atoms with E-state index in [2.05, 4.69) is 10.2 Å². The van der Waals surface area contributed by atoms with Gasteiger partial charge in [0.05, 0.1) is 44.5 Å². The van der Waals surface area contributed by atoms with Gasteiger partial charge in [-0.05, 0) is 87.3 Å². The average molecular weight is 821 g/mol. The lowest BCUT2D eigenvalue weighted by Crippen LogP contribution is -2.69. The summed E-state index contributed by atoms with van der Waals surface area (Å²) in [6, 6.07) is 4.39. The first-order valence-electron chi connectivity index (χ1n) is 18.7. The van der Waals surface area contributed by atoms with Crippen LogP contribution in [0, 0.1) is 22.7 Å². The van der Waals surface area contributed by atoms with Gasteiger partial charge >= 0.3 is 18.2 Å². The Balaban J connectivity index is 1.06. The molecule has 19 heteroatoms. The van der Waals surface area contributed by atoms with Gasteiger partial charge in [-0.2, -0.15) is 0 Å². The topological polar surface area (TPSA) is 257 Å². The smallest absolute Gasteiger partial charge is 0.493 e. The zero-order valence-corrected chi connectivity index (χ0v) is 32.3. The number of benzene rings is 1. The number of fused-ring (bicyclic) bond motifs is 5. The summed E-state index contributed by atoms with van der Waals surface area (Å²) >= 11 is 0. The van der Waals surface area contributed by atoms with Gasteiger partial charge in [0, 0.05) is 22.8 Å². The zero-order chi connectivity index (χ0) is 42.5. The molecule has 0 radical (unpaired) electrons. The minimum Gasteiger partial charge on any atom is -0.493 e. The third kappa shape index (κ3) is 8.66. The minimum absolute atomic E-state index is 0.0167. The summed E-state index contributed by atoms with van der Waals surface area (Å²) in [5.74, 6) is -3.42. The molecular formula is C39H49FN2O16. The van der Waals surface area contributed by atoms with Gasteiger partial charge in [0.25, 0.3) is 0 Å². The van der Waals surface area contributed by atoms with Crippen molar-refractivity contribution in [2.45, 2.75) is 75.9 Å². The monoisotopic (exact) mass is 820 g/mol. The fourth-order valence-electron chi connectivity index (χ4n) is 9.04. The molecule has 0 bridgehead atoms. The van der Waals surface area contributed by atoms with Crippen LogP contribution in [-0.2, 0) is 33.4 Å². The van der Waals surface area contributed by atoms with Crippen molar-refractivity contribution in [2.24, 2.45) is 22.7 Å². The number of aliphatic hydroxyl groups excluding tert-OH is 2. The third-order valence-electron chi connectivity index (χ3n) is 12.0. The Kier molecular flexibility index (Phi) is 13.8. The number of rotatable bonds is 16. The van der Waals surface area contributed by atoms with Crippen LogP contribution in [0.4, 0.5) is 14.0 Å². The summed E-state index contributed by atoms with van der Waals surface area (Å²) in [7, 11) is 1.33. The number of halogens is 1. The molecule has 1 aromatic rings. The summed E-state index contributed by atoms with van der Waals surface area (Å²) in [6.07, 6.45) is 2.10. The molecule has 0 aromatic heterocycles. The number of esters is 1. The number of alkyl halides is 1. The van der Waals surface area contributed by atoms with E-state index < -0.39 is 82.1 Å². The van der Waals surface area contributed by atoms with Crippen molar-refractivity contribution in [2.75, 3.05) is 40.1 Å². The van der Waals surface area contributed by atoms with E-state index in [0.717, 1.165) is 0 Å². The number of allylic oxidation sites excluding steroid dienone is 4. The van der Waals surface area contributed by atoms with E-state index in [4.69, 9.17) is 34.1 Å². The number of nitrogens with one attached hydrogen (secondary N) is 1. The number of Topliss-reactive ketones (excluding diaryl/α,β-unsaturated/α-hetero) is 1. The van der Waals surface area contributed by atoms with Crippen LogP contribution in [0.3, 0.4) is 0 Å². The summed E-state index contributed by atoms with van der Waals surface area (Å²) in [6.45, 7) is 1.63. The SMILES string of the molecule is COc1cc(/C=C/C(=O)OCCCCON(O)O)ccc1OC(=O)OCCNC(=O)OCC(=O)[C@@]1(O)[C@H](O)C[C@H]2[C@@H]3CCC4=CC(=O)C=C[C@]4(C)[C@@]3(F)[C@@H](O)C[C@@]21C. The Labute approximate surface area is 332 Å². The number of alkyl carbamates (subject to hydrolysis) is 1. The summed E-state index contributed by atoms with van der Waals surface area (Å²) in [4.78, 5) is 66.7. The molecule has 0 saturated heterocycles. The number of carbonyl (C=O) groups excluding carboxylic acids is 5. The Hall–Kier alpha value is -4.76. The van der Waals surface area contributed by atoms with E-state index in [-0.39, 0.29) is 62.9 Å². The molecule has 5 rings (SSSR count). The standard InChI is InChI=1S/C39H49FN2O16/c1-36-13-12-25(43)19-24(36)8-9-26-27-20-30(44)39(50,37(27,2)21-31(45)38(26,36)40)32(46)22-56-34(48)41-14-17-55-35(49)58-28-10-6-23(18-29(28)53-3)7-11-33(47)54-15-4-5-16-57-42(51)52/h6-7,10-13,18-19,26-27,30-31,44-45,50-52H,4-5,8-9,14-17,20-22H2,1-3H3,(H,41,48)/b11-7+/t26-,27-,30+,31-,36-,37-,38-,39-/m0/s1. The highest BCUT2D eigenvalue weighted by Crippen LogP contribution is 2.69. The molecule has 3 fully saturated rings. The summed E-state index contributed by atoms with van der Waals surface area (Å²) in [5, 5.41) is 53.2. The predicted molar refractivity (Wildman–Crippen MR) is 195 cm³/mol. The van der Waals surface area contributed by atoms with Gasteiger partial charge in [-0.1, -0.05) is 24.6 Å². The highest BCUT2D eigenvalue weighted by atomic mass is 19.1. The van der Waals surface area contributed by atoms with E-state index in [9.17, 15) is 39.3 Å². The molecule has 8 atom stereocenters. The molecule has 0 spiro atoms. The first kappa shape index (κ1) is 44.3. The first-order valence-corrected chi connectivity index (χ1v) is 18.7. The van der Waals surface area contributed by atoms with Gasteiger partial charge in [0.1, 0.15) is 6.61 Å². The number of hydrogen-bond acceptors (Lipinski definition) is 17. The quantitative estimate of drug-likeness (QED) is 0.0350. The molecule has 1 amide bonds. The van der Waals surface area contributed by atoms with Gasteiger partial charge < -0.3 is 44.3 Å². The minimum atomic E-state index is -2.48. The van der Waals surface area contributed by atoms with Gasteiger partial charge in [-0.3, -0.25) is 24.8 Å². The number of amides is 1. The van der Waals surface area contributed by atoms with Crippen molar-refractivity contribution in [3.8, 4) is 11.5 Å². The van der Waals surface area contributed by atoms with Crippen LogP contribution in [0.1, 0.15) is 57.9 Å². The van der Waals surface area contributed by atoms with E-state index in [1.165, 1.54) is 62.6 Å². The van der Waals surface area contributed by atoms with E-state index in [0.29, 0.717) is 30.4 Å². The lowest BCUT2D eigenvalue weighted by atomic mass is 9.44. The van der Waals surface area contributed by atoms with Crippen molar-refractivity contribution < 1.29 is 82.6 Å². The Morgan fingerprint density at radius 1 is 1.00 bits per heavy atom. The summed E-state index contributed by atoms with van der Waals surface area (Å²) < 4.78 is 42.8. The Bertz CT molecular complexity index is 1840. The second-order valence-electron chi connectivity index (χ2n) is 15.1. The van der Waals surface area contributed by atoms with Gasteiger partial charge in [-0.25, -0.2) is 18.8 Å². The van der Waals surface area contributed by atoms with E-state index in [1.54, 1.807) is 6.92 Å². The predicted octanol–water partition coefficient (Wildman–Crippen LogP) is 2.93. The highest BCUT2D eigenvalue weighted by molar-refractivity contribution is 6.01. The number of carbonyl (C=O) groups is 5. The largest absolute Gasteiger partial charge is 0.514 e. The Morgan fingerprint density at radius 2 is 1.74 bits per heavy atom. The van der Waals surface area contributed by atoms with Gasteiger partial charge in [0.15, 0.2) is 35.2 Å². The number of methoxy groups -OCH3 is 1. The average Bonchev–Trinajstić information content (AvgIpc) is 3.38. The van der Waals surface area contributed by atoms with Crippen molar-refractivity contribution >= 4 is 35.9 Å². The highest BCUT2D eigenvalue weighted by Gasteiger charge is 2.76. The van der Waals surface area contributed by atoms with Crippen molar-refractivity contribution in [1.29, 1.82) is 0 Å².